The van der Waals surface area contributed by atoms with Crippen LogP contribution in [-0.2, 0) is 9.84 Å². The predicted molar refractivity (Wildman–Crippen MR) is 75.2 cm³/mol. The van der Waals surface area contributed by atoms with Crippen LogP contribution in [0, 0.1) is 0 Å². The molecule has 16 heavy (non-hydrogen) atoms. The Balaban J connectivity index is 2.15. The van der Waals surface area contributed by atoms with Gasteiger partial charge in [0.05, 0.1) is 11.5 Å². The van der Waals surface area contributed by atoms with Gasteiger partial charge >= 0.3 is 0 Å². The molecule has 2 nitrogen and oxygen atoms in total. The number of hydrogen-bond donors (Lipinski definition) is 0. The van der Waals surface area contributed by atoms with Gasteiger partial charge in [-0.25, -0.2) is 8.42 Å². The Morgan fingerprint density at radius 2 is 1.94 bits per heavy atom. The number of alkyl halides is 1. The maximum absolute atomic E-state index is 11.5. The first-order valence-electron chi connectivity index (χ1n) is 4.73. The van der Waals surface area contributed by atoms with Crippen molar-refractivity contribution in [3.63, 3.8) is 0 Å². The van der Waals surface area contributed by atoms with Crippen LogP contribution in [0.4, 0.5) is 0 Å². The molecule has 0 spiro atoms. The van der Waals surface area contributed by atoms with Crippen LogP contribution in [0.1, 0.15) is 0 Å². The molecule has 2 atom stereocenters. The first kappa shape index (κ1) is 12.9. The summed E-state index contributed by atoms with van der Waals surface area (Å²) in [6, 6.07) is 7.87. The molecule has 1 aromatic rings. The highest BCUT2D eigenvalue weighted by Gasteiger charge is 2.36. The van der Waals surface area contributed by atoms with Gasteiger partial charge in [-0.1, -0.05) is 28.1 Å². The topological polar surface area (TPSA) is 34.1 Å². The fraction of sp³-hybridized carbons (Fsp3) is 0.400. The van der Waals surface area contributed by atoms with Crippen molar-refractivity contribution >= 4 is 53.5 Å². The van der Waals surface area contributed by atoms with Crippen molar-refractivity contribution in [3.05, 3.63) is 28.7 Å². The Bertz CT molecular complexity index is 487. The molecular weight excluding hydrogens is 376 g/mol. The highest BCUT2D eigenvalue weighted by Crippen LogP contribution is 2.37. The zero-order valence-electron chi connectivity index (χ0n) is 8.27. The van der Waals surface area contributed by atoms with Crippen LogP contribution in [0.15, 0.2) is 33.6 Å². The summed E-state index contributed by atoms with van der Waals surface area (Å²) >= 11 is 8.53. The number of halogens is 2. The molecular formula is C10H10Br2O2S2. The lowest BCUT2D eigenvalue weighted by atomic mass is 10.4. The fourth-order valence-electron chi connectivity index (χ4n) is 1.58. The maximum Gasteiger partial charge on any atom is 0.152 e. The number of benzene rings is 1. The highest BCUT2D eigenvalue weighted by molar-refractivity contribution is 9.10. The van der Waals surface area contributed by atoms with Crippen molar-refractivity contribution < 1.29 is 8.42 Å². The third kappa shape index (κ3) is 3.03. The van der Waals surface area contributed by atoms with Gasteiger partial charge in [0, 0.05) is 19.4 Å². The van der Waals surface area contributed by atoms with Crippen LogP contribution in [-0.4, -0.2) is 30.0 Å². The molecule has 2 unspecified atom stereocenters. The van der Waals surface area contributed by atoms with E-state index in [1.165, 1.54) is 0 Å². The normalized spacial score (nSPS) is 28.1. The second-order valence-corrected chi connectivity index (χ2v) is 9.14. The zero-order chi connectivity index (χ0) is 11.8. The highest BCUT2D eigenvalue weighted by atomic mass is 79.9. The van der Waals surface area contributed by atoms with E-state index in [9.17, 15) is 8.42 Å². The molecule has 1 aliphatic rings. The smallest absolute Gasteiger partial charge is 0.152 e. The third-order valence-corrected chi connectivity index (χ3v) is 8.40. The van der Waals surface area contributed by atoms with Crippen LogP contribution in [0.3, 0.4) is 0 Å². The van der Waals surface area contributed by atoms with Crippen molar-refractivity contribution in [2.75, 3.05) is 11.5 Å². The molecule has 0 radical (unpaired) electrons. The van der Waals surface area contributed by atoms with E-state index >= 15 is 0 Å². The molecule has 0 bridgehead atoms. The SMILES string of the molecule is O=S1(=O)CC(Br)C(Sc2ccccc2Br)C1. The fourth-order valence-corrected chi connectivity index (χ4v) is 7.63. The maximum atomic E-state index is 11.5. The number of hydrogen-bond acceptors (Lipinski definition) is 3. The van der Waals surface area contributed by atoms with Crippen molar-refractivity contribution in [2.45, 2.75) is 15.0 Å². The Labute approximate surface area is 116 Å². The van der Waals surface area contributed by atoms with Gasteiger partial charge in [-0.15, -0.1) is 11.8 Å². The molecule has 0 saturated carbocycles. The third-order valence-electron chi connectivity index (χ3n) is 2.35. The minimum absolute atomic E-state index is 0.0506. The molecule has 1 aliphatic heterocycles. The van der Waals surface area contributed by atoms with Crippen LogP contribution in [0.2, 0.25) is 0 Å². The van der Waals surface area contributed by atoms with E-state index in [1.54, 1.807) is 11.8 Å². The summed E-state index contributed by atoms with van der Waals surface area (Å²) in [5.41, 5.74) is 0. The molecule has 1 aromatic carbocycles. The second kappa shape index (κ2) is 5.00. The van der Waals surface area contributed by atoms with E-state index in [0.717, 1.165) is 9.37 Å². The standard InChI is InChI=1S/C10H10Br2O2S2/c11-7-3-1-2-4-9(7)15-10-6-16(13,14)5-8(10)12/h1-4,8,10H,5-6H2. The molecule has 0 aliphatic carbocycles. The summed E-state index contributed by atoms with van der Waals surface area (Å²) in [7, 11) is -2.86. The molecule has 0 N–H and O–H groups in total. The van der Waals surface area contributed by atoms with Crippen LogP contribution in [0.25, 0.3) is 0 Å². The molecule has 6 heteroatoms. The van der Waals surface area contributed by atoms with Crippen LogP contribution >= 0.6 is 43.6 Å². The average molecular weight is 386 g/mol. The molecule has 1 fully saturated rings. The molecule has 1 heterocycles. The molecule has 0 amide bonds. The lowest BCUT2D eigenvalue weighted by Crippen LogP contribution is -2.13. The quantitative estimate of drug-likeness (QED) is 0.733. The van der Waals surface area contributed by atoms with E-state index in [0.29, 0.717) is 0 Å². The van der Waals surface area contributed by atoms with Crippen LogP contribution in [0.5, 0.6) is 0 Å². The number of rotatable bonds is 2. The van der Waals surface area contributed by atoms with Crippen molar-refractivity contribution in [2.24, 2.45) is 0 Å². The lowest BCUT2D eigenvalue weighted by molar-refractivity contribution is 0.602. The number of sulfone groups is 1. The van der Waals surface area contributed by atoms with Gasteiger partial charge in [0.1, 0.15) is 0 Å². The second-order valence-electron chi connectivity index (χ2n) is 3.68. The van der Waals surface area contributed by atoms with Gasteiger partial charge in [0.2, 0.25) is 0 Å². The van der Waals surface area contributed by atoms with E-state index in [1.807, 2.05) is 24.3 Å². The minimum Gasteiger partial charge on any atom is -0.229 e. The summed E-state index contributed by atoms with van der Waals surface area (Å²) in [6.07, 6.45) is 0. The van der Waals surface area contributed by atoms with Gasteiger partial charge in [-0.3, -0.25) is 0 Å². The van der Waals surface area contributed by atoms with E-state index in [2.05, 4.69) is 31.9 Å². The van der Waals surface area contributed by atoms with E-state index in [4.69, 9.17) is 0 Å². The predicted octanol–water partition coefficient (Wildman–Crippen LogP) is 3.10. The minimum atomic E-state index is -2.86. The van der Waals surface area contributed by atoms with Gasteiger partial charge < -0.3 is 0 Å². The Hall–Kier alpha value is 0.480. The van der Waals surface area contributed by atoms with Crippen molar-refractivity contribution in [1.29, 1.82) is 0 Å². The van der Waals surface area contributed by atoms with Gasteiger partial charge in [0.25, 0.3) is 0 Å². The lowest BCUT2D eigenvalue weighted by Gasteiger charge is -2.12. The Morgan fingerprint density at radius 3 is 2.50 bits per heavy atom. The van der Waals surface area contributed by atoms with Gasteiger partial charge in [-0.05, 0) is 28.1 Å². The average Bonchev–Trinajstić information content (AvgIpc) is 2.44. The zero-order valence-corrected chi connectivity index (χ0v) is 13.1. The van der Waals surface area contributed by atoms with Crippen LogP contribution < -0.4 is 0 Å². The summed E-state index contributed by atoms with van der Waals surface area (Å²) in [6.45, 7) is 0. The van der Waals surface area contributed by atoms with E-state index < -0.39 is 9.84 Å². The monoisotopic (exact) mass is 384 g/mol. The summed E-state index contributed by atoms with van der Waals surface area (Å²) in [4.78, 5) is 1.14. The summed E-state index contributed by atoms with van der Waals surface area (Å²) < 4.78 is 24.0. The van der Waals surface area contributed by atoms with Gasteiger partial charge in [-0.2, -0.15) is 0 Å². The summed E-state index contributed by atoms with van der Waals surface area (Å²) in [5.74, 6) is 0.504. The van der Waals surface area contributed by atoms with Gasteiger partial charge in [0.15, 0.2) is 9.84 Å². The molecule has 88 valence electrons. The number of thioether (sulfide) groups is 1. The van der Waals surface area contributed by atoms with Crippen molar-refractivity contribution in [1.82, 2.24) is 0 Å². The molecule has 0 aromatic heterocycles. The first-order chi connectivity index (χ1) is 7.48. The first-order valence-corrected chi connectivity index (χ1v) is 9.14. The van der Waals surface area contributed by atoms with E-state index in [-0.39, 0.29) is 21.6 Å². The summed E-state index contributed by atoms with van der Waals surface area (Å²) in [5, 5.41) is 0.101. The Kier molecular flexibility index (Phi) is 4.04. The van der Waals surface area contributed by atoms with Crippen molar-refractivity contribution in [3.8, 4) is 0 Å². The molecule has 2 rings (SSSR count). The Morgan fingerprint density at radius 1 is 1.25 bits per heavy atom. The molecule has 1 saturated heterocycles. The largest absolute Gasteiger partial charge is 0.229 e.